The van der Waals surface area contributed by atoms with Gasteiger partial charge in [0.2, 0.25) is 11.8 Å². The van der Waals surface area contributed by atoms with Crippen LogP contribution >= 0.6 is 0 Å². The zero-order chi connectivity index (χ0) is 9.97. The number of nitrogens with one attached hydrogen (secondary N) is 1. The fourth-order valence-corrected chi connectivity index (χ4v) is 1.76. The van der Waals surface area contributed by atoms with Gasteiger partial charge in [0.05, 0.1) is 6.54 Å². The van der Waals surface area contributed by atoms with E-state index in [1.54, 1.807) is 0 Å². The largest absolute Gasteiger partial charge is 0.424 e. The van der Waals surface area contributed by atoms with E-state index in [1.807, 2.05) is 6.92 Å². The Morgan fingerprint density at radius 3 is 3.00 bits per heavy atom. The highest BCUT2D eigenvalue weighted by molar-refractivity contribution is 4.84. The molecule has 1 aromatic heterocycles. The fraction of sp³-hybridized carbons (Fsp3) is 0.778. The van der Waals surface area contributed by atoms with Gasteiger partial charge in [-0.2, -0.15) is 0 Å². The number of rotatable bonds is 3. The van der Waals surface area contributed by atoms with Gasteiger partial charge >= 0.3 is 0 Å². The van der Waals surface area contributed by atoms with Gasteiger partial charge in [0.1, 0.15) is 0 Å². The van der Waals surface area contributed by atoms with E-state index < -0.39 is 0 Å². The van der Waals surface area contributed by atoms with Crippen LogP contribution in [0.3, 0.4) is 0 Å². The minimum absolute atomic E-state index is 0.599. The third-order valence-corrected chi connectivity index (χ3v) is 2.61. The maximum Gasteiger partial charge on any atom is 0.230 e. The van der Waals surface area contributed by atoms with Gasteiger partial charge in [-0.1, -0.05) is 0 Å². The van der Waals surface area contributed by atoms with E-state index in [1.165, 1.54) is 6.42 Å². The summed E-state index contributed by atoms with van der Waals surface area (Å²) < 4.78 is 5.33. The summed E-state index contributed by atoms with van der Waals surface area (Å²) in [6.07, 6.45) is 1.20. The van der Waals surface area contributed by atoms with Gasteiger partial charge in [-0.05, 0) is 20.0 Å². The third kappa shape index (κ3) is 2.10. The van der Waals surface area contributed by atoms with Gasteiger partial charge in [0.25, 0.3) is 0 Å². The van der Waals surface area contributed by atoms with Crippen molar-refractivity contribution in [2.24, 2.45) is 0 Å². The molecule has 1 N–H and O–H groups in total. The highest BCUT2D eigenvalue weighted by Gasteiger charge is 2.20. The summed E-state index contributed by atoms with van der Waals surface area (Å²) in [5.74, 6) is 1.34. The predicted molar refractivity (Wildman–Crippen MR) is 51.8 cm³/mol. The summed E-state index contributed by atoms with van der Waals surface area (Å²) in [6, 6.07) is 0.599. The summed E-state index contributed by atoms with van der Waals surface area (Å²) in [4.78, 5) is 2.26. The summed E-state index contributed by atoms with van der Waals surface area (Å²) in [5.41, 5.74) is 0. The van der Waals surface area contributed by atoms with Gasteiger partial charge < -0.3 is 9.73 Å². The molecule has 1 aliphatic heterocycles. The standard InChI is InChI=1S/C9H16N4O/c1-7-11-12-9(14-7)6-13(2)8-3-4-10-5-8/h8,10H,3-6H2,1-2H3/t8-/m1/s1. The first kappa shape index (κ1) is 9.61. The van der Waals surface area contributed by atoms with Crippen LogP contribution in [-0.2, 0) is 6.54 Å². The zero-order valence-corrected chi connectivity index (χ0v) is 8.66. The van der Waals surface area contributed by atoms with E-state index in [4.69, 9.17) is 4.42 Å². The number of aryl methyl sites for hydroxylation is 1. The smallest absolute Gasteiger partial charge is 0.230 e. The van der Waals surface area contributed by atoms with Crippen molar-refractivity contribution in [3.8, 4) is 0 Å². The SMILES string of the molecule is Cc1nnc(CN(C)[C@@H]2CCNC2)o1. The maximum atomic E-state index is 5.33. The summed E-state index contributed by atoms with van der Waals surface area (Å²) in [6.45, 7) is 4.72. The molecule has 0 bridgehead atoms. The first-order valence-corrected chi connectivity index (χ1v) is 4.95. The van der Waals surface area contributed by atoms with Crippen LogP contribution in [0.1, 0.15) is 18.2 Å². The van der Waals surface area contributed by atoms with Gasteiger partial charge in [-0.15, -0.1) is 10.2 Å². The van der Waals surface area contributed by atoms with Crippen LogP contribution in [0, 0.1) is 6.92 Å². The molecule has 0 unspecified atom stereocenters. The second-order valence-corrected chi connectivity index (χ2v) is 3.78. The Bertz CT molecular complexity index is 293. The molecular formula is C9H16N4O. The molecule has 0 aromatic carbocycles. The Balaban J connectivity index is 1.90. The van der Waals surface area contributed by atoms with E-state index in [0.717, 1.165) is 19.6 Å². The molecular weight excluding hydrogens is 180 g/mol. The normalized spacial score (nSPS) is 22.1. The van der Waals surface area contributed by atoms with Gasteiger partial charge in [0, 0.05) is 19.5 Å². The lowest BCUT2D eigenvalue weighted by Gasteiger charge is -2.21. The molecule has 1 saturated heterocycles. The number of hydrogen-bond acceptors (Lipinski definition) is 5. The number of likely N-dealkylation sites (N-methyl/N-ethyl adjacent to an activating group) is 1. The van der Waals surface area contributed by atoms with Crippen molar-refractivity contribution < 1.29 is 4.42 Å². The van der Waals surface area contributed by atoms with Crippen molar-refractivity contribution >= 4 is 0 Å². The molecule has 0 saturated carbocycles. The molecule has 14 heavy (non-hydrogen) atoms. The summed E-state index contributed by atoms with van der Waals surface area (Å²) in [5, 5.41) is 11.1. The van der Waals surface area contributed by atoms with E-state index in [9.17, 15) is 0 Å². The maximum absolute atomic E-state index is 5.33. The molecule has 1 aromatic rings. The molecule has 5 heteroatoms. The van der Waals surface area contributed by atoms with Crippen LogP contribution in [0.4, 0.5) is 0 Å². The summed E-state index contributed by atoms with van der Waals surface area (Å²) >= 11 is 0. The van der Waals surface area contributed by atoms with Crippen LogP contribution in [0.5, 0.6) is 0 Å². The molecule has 0 radical (unpaired) electrons. The van der Waals surface area contributed by atoms with Crippen LogP contribution in [0.2, 0.25) is 0 Å². The molecule has 0 amide bonds. The number of hydrogen-bond donors (Lipinski definition) is 1. The highest BCUT2D eigenvalue weighted by atomic mass is 16.4. The lowest BCUT2D eigenvalue weighted by Crippen LogP contribution is -2.32. The highest BCUT2D eigenvalue weighted by Crippen LogP contribution is 2.09. The second kappa shape index (κ2) is 4.06. The molecule has 78 valence electrons. The third-order valence-electron chi connectivity index (χ3n) is 2.61. The number of nitrogens with zero attached hydrogens (tertiary/aromatic N) is 3. The van der Waals surface area contributed by atoms with E-state index in [-0.39, 0.29) is 0 Å². The zero-order valence-electron chi connectivity index (χ0n) is 8.66. The first-order valence-electron chi connectivity index (χ1n) is 4.95. The van der Waals surface area contributed by atoms with E-state index in [0.29, 0.717) is 17.8 Å². The van der Waals surface area contributed by atoms with Crippen LogP contribution in [-0.4, -0.2) is 41.3 Å². The Kier molecular flexibility index (Phi) is 2.79. The molecule has 1 aliphatic rings. The van der Waals surface area contributed by atoms with Crippen LogP contribution in [0.25, 0.3) is 0 Å². The van der Waals surface area contributed by atoms with E-state index in [2.05, 4.69) is 27.5 Å². The van der Waals surface area contributed by atoms with Crippen LogP contribution < -0.4 is 5.32 Å². The Labute approximate surface area is 83.5 Å². The molecule has 2 rings (SSSR count). The second-order valence-electron chi connectivity index (χ2n) is 3.78. The Morgan fingerprint density at radius 1 is 1.57 bits per heavy atom. The van der Waals surface area contributed by atoms with Crippen molar-refractivity contribution in [1.29, 1.82) is 0 Å². The quantitative estimate of drug-likeness (QED) is 0.747. The average molecular weight is 196 g/mol. The Hall–Kier alpha value is -0.940. The molecule has 0 spiro atoms. The molecule has 2 heterocycles. The lowest BCUT2D eigenvalue weighted by atomic mass is 10.2. The topological polar surface area (TPSA) is 54.2 Å². The van der Waals surface area contributed by atoms with Crippen molar-refractivity contribution in [2.45, 2.75) is 25.9 Å². The van der Waals surface area contributed by atoms with Crippen molar-refractivity contribution in [1.82, 2.24) is 20.4 Å². The monoisotopic (exact) mass is 196 g/mol. The molecule has 1 fully saturated rings. The average Bonchev–Trinajstić information content (AvgIpc) is 2.75. The van der Waals surface area contributed by atoms with Gasteiger partial charge in [0.15, 0.2) is 0 Å². The number of aromatic nitrogens is 2. The summed E-state index contributed by atoms with van der Waals surface area (Å²) in [7, 11) is 2.09. The van der Waals surface area contributed by atoms with Gasteiger partial charge in [-0.3, -0.25) is 4.90 Å². The van der Waals surface area contributed by atoms with Crippen molar-refractivity contribution in [2.75, 3.05) is 20.1 Å². The Morgan fingerprint density at radius 2 is 2.43 bits per heavy atom. The predicted octanol–water partition coefficient (Wildman–Crippen LogP) is 0.172. The lowest BCUT2D eigenvalue weighted by molar-refractivity contribution is 0.223. The van der Waals surface area contributed by atoms with Crippen LogP contribution in [0.15, 0.2) is 4.42 Å². The molecule has 0 aliphatic carbocycles. The minimum Gasteiger partial charge on any atom is -0.424 e. The van der Waals surface area contributed by atoms with Gasteiger partial charge in [-0.25, -0.2) is 0 Å². The fourth-order valence-electron chi connectivity index (χ4n) is 1.76. The van der Waals surface area contributed by atoms with Crippen molar-refractivity contribution in [3.63, 3.8) is 0 Å². The first-order chi connectivity index (χ1) is 6.75. The van der Waals surface area contributed by atoms with Crippen molar-refractivity contribution in [3.05, 3.63) is 11.8 Å². The van der Waals surface area contributed by atoms with E-state index >= 15 is 0 Å². The molecule has 5 nitrogen and oxygen atoms in total. The minimum atomic E-state index is 0.599. The molecule has 1 atom stereocenters.